The number of aliphatic hydroxyl groups is 1. The van der Waals surface area contributed by atoms with Crippen molar-refractivity contribution >= 4 is 0 Å². The zero-order chi connectivity index (χ0) is 10.4. The Morgan fingerprint density at radius 3 is 2.43 bits per heavy atom. The molecular formula is C11H22O3. The van der Waals surface area contributed by atoms with Gasteiger partial charge in [0, 0.05) is 0 Å². The minimum absolute atomic E-state index is 0.0539. The summed E-state index contributed by atoms with van der Waals surface area (Å²) < 4.78 is 11.2. The van der Waals surface area contributed by atoms with Crippen molar-refractivity contribution in [3.63, 3.8) is 0 Å². The van der Waals surface area contributed by atoms with Gasteiger partial charge in [0.25, 0.3) is 0 Å². The molecule has 2 atom stereocenters. The van der Waals surface area contributed by atoms with Gasteiger partial charge in [0.1, 0.15) is 0 Å². The lowest BCUT2D eigenvalue weighted by atomic mass is 9.98. The van der Waals surface area contributed by atoms with Crippen LogP contribution in [-0.4, -0.2) is 30.2 Å². The molecule has 0 saturated heterocycles. The largest absolute Gasteiger partial charge is 0.394 e. The van der Waals surface area contributed by atoms with Crippen LogP contribution >= 0.6 is 0 Å². The van der Waals surface area contributed by atoms with E-state index in [0.29, 0.717) is 6.10 Å². The number of rotatable bonds is 5. The Balaban J connectivity index is 2.14. The normalized spacial score (nSPS) is 23.4. The number of hydrogen-bond acceptors (Lipinski definition) is 3. The highest BCUT2D eigenvalue weighted by molar-refractivity contribution is 4.65. The maximum Gasteiger partial charge on any atom is 0.155 e. The summed E-state index contributed by atoms with van der Waals surface area (Å²) in [5.74, 6) is 0. The fraction of sp³-hybridized carbons (Fsp3) is 1.00. The minimum atomic E-state index is -0.194. The number of aliphatic hydroxyl groups excluding tert-OH is 1. The van der Waals surface area contributed by atoms with Gasteiger partial charge in [-0.05, 0) is 26.7 Å². The molecule has 0 spiro atoms. The molecule has 3 nitrogen and oxygen atoms in total. The highest BCUT2D eigenvalue weighted by atomic mass is 16.7. The molecule has 1 saturated carbocycles. The molecule has 0 aromatic heterocycles. The smallest absolute Gasteiger partial charge is 0.155 e. The Morgan fingerprint density at radius 1 is 1.21 bits per heavy atom. The third kappa shape index (κ3) is 4.40. The molecule has 1 unspecified atom stereocenters. The molecule has 1 rings (SSSR count). The summed E-state index contributed by atoms with van der Waals surface area (Å²) in [5, 5.41) is 8.81. The summed E-state index contributed by atoms with van der Waals surface area (Å²) in [4.78, 5) is 0. The Kier molecular flexibility index (Phi) is 5.45. The van der Waals surface area contributed by atoms with Crippen LogP contribution in [0.25, 0.3) is 0 Å². The van der Waals surface area contributed by atoms with Crippen LogP contribution in [0.2, 0.25) is 0 Å². The Bertz CT molecular complexity index is 143. The van der Waals surface area contributed by atoms with Gasteiger partial charge in [0.15, 0.2) is 6.29 Å². The molecule has 0 aromatic carbocycles. The molecular weight excluding hydrogens is 180 g/mol. The maximum absolute atomic E-state index is 8.81. The first kappa shape index (κ1) is 12.0. The summed E-state index contributed by atoms with van der Waals surface area (Å²) in [5.41, 5.74) is 0. The van der Waals surface area contributed by atoms with Crippen LogP contribution in [0.1, 0.15) is 46.0 Å². The molecule has 3 heteroatoms. The van der Waals surface area contributed by atoms with Crippen LogP contribution in [0.3, 0.4) is 0 Å². The molecule has 0 bridgehead atoms. The van der Waals surface area contributed by atoms with Crippen LogP contribution in [0, 0.1) is 0 Å². The SMILES string of the molecule is CC(OC1CCCCC1)O[C@H](C)CO. The molecule has 1 aliphatic carbocycles. The molecule has 0 aromatic rings. The quantitative estimate of drug-likeness (QED) is 0.694. The third-order valence-electron chi connectivity index (χ3n) is 2.62. The maximum atomic E-state index is 8.81. The Labute approximate surface area is 86.4 Å². The van der Waals surface area contributed by atoms with Gasteiger partial charge in [-0.25, -0.2) is 0 Å². The lowest BCUT2D eigenvalue weighted by Crippen LogP contribution is -2.28. The van der Waals surface area contributed by atoms with Crippen LogP contribution in [0.5, 0.6) is 0 Å². The van der Waals surface area contributed by atoms with E-state index >= 15 is 0 Å². The van der Waals surface area contributed by atoms with Crippen molar-refractivity contribution in [3.05, 3.63) is 0 Å². The summed E-state index contributed by atoms with van der Waals surface area (Å²) >= 11 is 0. The van der Waals surface area contributed by atoms with Gasteiger partial charge in [-0.3, -0.25) is 0 Å². The van der Waals surface area contributed by atoms with Crippen molar-refractivity contribution in [3.8, 4) is 0 Å². The first-order valence-electron chi connectivity index (χ1n) is 5.64. The lowest BCUT2D eigenvalue weighted by molar-refractivity contribution is -0.191. The van der Waals surface area contributed by atoms with Crippen LogP contribution in [-0.2, 0) is 9.47 Å². The van der Waals surface area contributed by atoms with E-state index < -0.39 is 0 Å². The Morgan fingerprint density at radius 2 is 1.86 bits per heavy atom. The molecule has 1 fully saturated rings. The molecule has 84 valence electrons. The molecule has 14 heavy (non-hydrogen) atoms. The Hall–Kier alpha value is -0.120. The van der Waals surface area contributed by atoms with Crippen molar-refractivity contribution in [1.82, 2.24) is 0 Å². The fourth-order valence-corrected chi connectivity index (χ4v) is 1.87. The first-order valence-corrected chi connectivity index (χ1v) is 5.64. The van der Waals surface area contributed by atoms with Crippen molar-refractivity contribution in [2.75, 3.05) is 6.61 Å². The van der Waals surface area contributed by atoms with Crippen LogP contribution in [0.4, 0.5) is 0 Å². The van der Waals surface area contributed by atoms with Crippen molar-refractivity contribution in [2.45, 2.75) is 64.4 Å². The van der Waals surface area contributed by atoms with Crippen molar-refractivity contribution in [2.24, 2.45) is 0 Å². The van der Waals surface area contributed by atoms with Gasteiger partial charge >= 0.3 is 0 Å². The monoisotopic (exact) mass is 202 g/mol. The van der Waals surface area contributed by atoms with Gasteiger partial charge in [-0.2, -0.15) is 0 Å². The van der Waals surface area contributed by atoms with E-state index in [4.69, 9.17) is 14.6 Å². The topological polar surface area (TPSA) is 38.7 Å². The summed E-state index contributed by atoms with van der Waals surface area (Å²) in [6.07, 6.45) is 6.23. The van der Waals surface area contributed by atoms with Crippen LogP contribution in [0.15, 0.2) is 0 Å². The van der Waals surface area contributed by atoms with Gasteiger partial charge in [-0.15, -0.1) is 0 Å². The second-order valence-electron chi connectivity index (χ2n) is 4.09. The zero-order valence-corrected chi connectivity index (χ0v) is 9.24. The van der Waals surface area contributed by atoms with E-state index in [1.807, 2.05) is 13.8 Å². The lowest BCUT2D eigenvalue weighted by Gasteiger charge is -2.26. The predicted molar refractivity (Wildman–Crippen MR) is 55.1 cm³/mol. The highest BCUT2D eigenvalue weighted by Crippen LogP contribution is 2.21. The molecule has 0 amide bonds. The first-order chi connectivity index (χ1) is 6.72. The molecule has 0 heterocycles. The van der Waals surface area contributed by atoms with E-state index in [-0.39, 0.29) is 19.0 Å². The average Bonchev–Trinajstić information content (AvgIpc) is 2.19. The molecule has 0 radical (unpaired) electrons. The van der Waals surface area contributed by atoms with Gasteiger partial charge in [0.2, 0.25) is 0 Å². The number of ether oxygens (including phenoxy) is 2. The van der Waals surface area contributed by atoms with E-state index in [2.05, 4.69) is 0 Å². The second kappa shape index (κ2) is 6.38. The number of hydrogen-bond donors (Lipinski definition) is 1. The standard InChI is InChI=1S/C11H22O3/c1-9(8-12)13-10(2)14-11-6-4-3-5-7-11/h9-12H,3-8H2,1-2H3/t9-,10?/m1/s1. The summed E-state index contributed by atoms with van der Waals surface area (Å²) in [7, 11) is 0. The minimum Gasteiger partial charge on any atom is -0.394 e. The van der Waals surface area contributed by atoms with E-state index in [1.54, 1.807) is 0 Å². The zero-order valence-electron chi connectivity index (χ0n) is 9.24. The highest BCUT2D eigenvalue weighted by Gasteiger charge is 2.17. The van der Waals surface area contributed by atoms with Crippen molar-refractivity contribution in [1.29, 1.82) is 0 Å². The van der Waals surface area contributed by atoms with Gasteiger partial charge < -0.3 is 14.6 Å². The predicted octanol–water partition coefficient (Wildman–Crippen LogP) is 2.08. The van der Waals surface area contributed by atoms with Crippen molar-refractivity contribution < 1.29 is 14.6 Å². The average molecular weight is 202 g/mol. The summed E-state index contributed by atoms with van der Waals surface area (Å²) in [6, 6.07) is 0. The van der Waals surface area contributed by atoms with E-state index in [9.17, 15) is 0 Å². The van der Waals surface area contributed by atoms with Gasteiger partial charge in [-0.1, -0.05) is 19.3 Å². The molecule has 0 aliphatic heterocycles. The molecule has 1 N–H and O–H groups in total. The van der Waals surface area contributed by atoms with E-state index in [1.165, 1.54) is 19.3 Å². The van der Waals surface area contributed by atoms with E-state index in [0.717, 1.165) is 12.8 Å². The second-order valence-corrected chi connectivity index (χ2v) is 4.09. The van der Waals surface area contributed by atoms with Crippen LogP contribution < -0.4 is 0 Å². The fourth-order valence-electron chi connectivity index (χ4n) is 1.87. The summed E-state index contributed by atoms with van der Waals surface area (Å²) in [6.45, 7) is 3.81. The third-order valence-corrected chi connectivity index (χ3v) is 2.62. The van der Waals surface area contributed by atoms with Gasteiger partial charge in [0.05, 0.1) is 18.8 Å². The molecule has 1 aliphatic rings.